The third kappa shape index (κ3) is 7.48. The SMILES string of the molecule is CCCc1ccc(C)cc1-n1c(C)cs/c1=N\C(=O)NC1CCCC1c1ccc(-c2ncn(-c3ccc(OC(F)(F)F)cc3)n2)cc1. The van der Waals surface area contributed by atoms with Crippen LogP contribution in [-0.4, -0.2) is 37.8 Å². The Kier molecular flexibility index (Phi) is 9.31. The van der Waals surface area contributed by atoms with E-state index in [1.165, 1.54) is 52.2 Å². The van der Waals surface area contributed by atoms with E-state index in [1.54, 1.807) is 0 Å². The summed E-state index contributed by atoms with van der Waals surface area (Å²) in [5.74, 6) is 0.328. The zero-order chi connectivity index (χ0) is 33.1. The number of carbonyl (C=O) groups excluding carboxylic acids is 1. The van der Waals surface area contributed by atoms with Gasteiger partial charge in [0.1, 0.15) is 12.1 Å². The lowest BCUT2D eigenvalue weighted by atomic mass is 9.93. The molecule has 0 bridgehead atoms. The van der Waals surface area contributed by atoms with Crippen molar-refractivity contribution in [3.8, 4) is 28.5 Å². The minimum absolute atomic E-state index is 0.0390. The third-order valence-electron chi connectivity index (χ3n) is 8.33. The molecule has 12 heteroatoms. The number of nitrogens with zero attached hydrogens (tertiary/aromatic N) is 5. The average molecular weight is 661 g/mol. The number of carbonyl (C=O) groups is 1. The maximum absolute atomic E-state index is 13.3. The number of benzene rings is 3. The highest BCUT2D eigenvalue weighted by Crippen LogP contribution is 2.35. The van der Waals surface area contributed by atoms with Gasteiger partial charge in [-0.15, -0.1) is 29.6 Å². The predicted molar refractivity (Wildman–Crippen MR) is 175 cm³/mol. The quantitative estimate of drug-likeness (QED) is 0.182. The number of halogens is 3. The molecule has 1 N–H and O–H groups in total. The monoisotopic (exact) mass is 660 g/mol. The molecular weight excluding hydrogens is 625 g/mol. The minimum Gasteiger partial charge on any atom is -0.406 e. The van der Waals surface area contributed by atoms with Crippen LogP contribution in [0.1, 0.15) is 60.9 Å². The molecule has 0 saturated heterocycles. The molecule has 1 aliphatic carbocycles. The Balaban J connectivity index is 1.15. The summed E-state index contributed by atoms with van der Waals surface area (Å²) >= 11 is 1.46. The highest BCUT2D eigenvalue weighted by molar-refractivity contribution is 7.07. The number of ether oxygens (including phenoxy) is 1. The summed E-state index contributed by atoms with van der Waals surface area (Å²) in [6.45, 7) is 6.27. The minimum atomic E-state index is -4.75. The van der Waals surface area contributed by atoms with Crippen LogP contribution in [0.5, 0.6) is 5.75 Å². The molecule has 47 heavy (non-hydrogen) atoms. The molecule has 2 heterocycles. The molecule has 2 atom stereocenters. The van der Waals surface area contributed by atoms with Gasteiger partial charge < -0.3 is 10.1 Å². The molecule has 1 saturated carbocycles. The molecule has 1 fully saturated rings. The number of amides is 2. The van der Waals surface area contributed by atoms with Gasteiger partial charge in [-0.3, -0.25) is 4.57 Å². The second-order valence-corrected chi connectivity index (χ2v) is 12.6. The fourth-order valence-corrected chi connectivity index (χ4v) is 7.00. The molecule has 0 radical (unpaired) electrons. The normalized spacial score (nSPS) is 16.9. The Morgan fingerprint density at radius 2 is 1.83 bits per heavy atom. The number of rotatable bonds is 8. The van der Waals surface area contributed by atoms with Crippen LogP contribution in [-0.2, 0) is 6.42 Å². The van der Waals surface area contributed by atoms with E-state index in [2.05, 4.69) is 61.7 Å². The lowest BCUT2D eigenvalue weighted by Gasteiger charge is -2.20. The smallest absolute Gasteiger partial charge is 0.406 e. The maximum Gasteiger partial charge on any atom is 0.573 e. The molecule has 244 valence electrons. The summed E-state index contributed by atoms with van der Waals surface area (Å²) in [5.41, 5.74) is 6.96. The van der Waals surface area contributed by atoms with Crippen molar-refractivity contribution in [1.29, 1.82) is 0 Å². The van der Waals surface area contributed by atoms with Gasteiger partial charge in [0.15, 0.2) is 10.6 Å². The first-order valence-corrected chi connectivity index (χ1v) is 16.5. The first-order valence-electron chi connectivity index (χ1n) is 15.6. The van der Waals surface area contributed by atoms with E-state index in [1.807, 2.05) is 36.6 Å². The molecule has 8 nitrogen and oxygen atoms in total. The highest BCUT2D eigenvalue weighted by Gasteiger charge is 2.31. The third-order valence-corrected chi connectivity index (χ3v) is 9.27. The Morgan fingerprint density at radius 1 is 1.06 bits per heavy atom. The number of aromatic nitrogens is 4. The van der Waals surface area contributed by atoms with Gasteiger partial charge in [-0.05, 0) is 80.1 Å². The Morgan fingerprint density at radius 3 is 2.55 bits per heavy atom. The molecule has 6 rings (SSSR count). The first kappa shape index (κ1) is 32.2. The highest BCUT2D eigenvalue weighted by atomic mass is 32.1. The number of thiazole rings is 1. The predicted octanol–water partition coefficient (Wildman–Crippen LogP) is 8.20. The zero-order valence-electron chi connectivity index (χ0n) is 26.3. The maximum atomic E-state index is 13.3. The number of hydrogen-bond donors (Lipinski definition) is 1. The standard InChI is InChI=1S/C35H35F3N6O2S/c1-4-6-25-10-9-22(2)19-31(25)44-23(3)20-47-34(44)41-33(45)40-30-8-5-7-29(30)24-11-13-26(14-12-24)32-39-21-43(42-32)27-15-17-28(18-16-27)46-35(36,37)38/h9-21,29-30H,4-8H2,1-3H3,(H,40,45)/b41-34-. The van der Waals surface area contributed by atoms with Crippen molar-refractivity contribution >= 4 is 17.4 Å². The lowest BCUT2D eigenvalue weighted by Crippen LogP contribution is -2.36. The molecule has 1 aliphatic rings. The summed E-state index contributed by atoms with van der Waals surface area (Å²) in [4.78, 5) is 22.9. The Labute approximate surface area is 274 Å². The fraction of sp³-hybridized carbons (Fsp3) is 0.314. The van der Waals surface area contributed by atoms with Crippen molar-refractivity contribution in [1.82, 2.24) is 24.6 Å². The van der Waals surface area contributed by atoms with Crippen molar-refractivity contribution in [2.75, 3.05) is 0 Å². The van der Waals surface area contributed by atoms with Crippen LogP contribution in [0.2, 0.25) is 0 Å². The summed E-state index contributed by atoms with van der Waals surface area (Å²) < 4.78 is 44.9. The molecule has 2 aromatic heterocycles. The van der Waals surface area contributed by atoms with Gasteiger partial charge in [-0.2, -0.15) is 4.99 Å². The van der Waals surface area contributed by atoms with Crippen LogP contribution in [0, 0.1) is 13.8 Å². The van der Waals surface area contributed by atoms with Gasteiger partial charge in [-0.25, -0.2) is 14.5 Å². The van der Waals surface area contributed by atoms with Gasteiger partial charge in [-0.1, -0.05) is 56.2 Å². The summed E-state index contributed by atoms with van der Waals surface area (Å²) in [6, 6.07) is 19.5. The molecule has 0 aliphatic heterocycles. The van der Waals surface area contributed by atoms with Gasteiger partial charge in [0, 0.05) is 28.6 Å². The second kappa shape index (κ2) is 13.6. The molecular formula is C35H35F3N6O2S. The van der Waals surface area contributed by atoms with Crippen LogP contribution in [0.25, 0.3) is 22.8 Å². The van der Waals surface area contributed by atoms with E-state index in [4.69, 9.17) is 0 Å². The van der Waals surface area contributed by atoms with Crippen LogP contribution in [0.3, 0.4) is 0 Å². The topological polar surface area (TPSA) is 86.3 Å². The fourth-order valence-electron chi connectivity index (χ4n) is 6.14. The van der Waals surface area contributed by atoms with Crippen molar-refractivity contribution in [2.45, 2.75) is 71.2 Å². The van der Waals surface area contributed by atoms with Gasteiger partial charge in [0.25, 0.3) is 0 Å². The van der Waals surface area contributed by atoms with Crippen LogP contribution >= 0.6 is 11.3 Å². The Bertz CT molecular complexity index is 1930. The van der Waals surface area contributed by atoms with Crippen molar-refractivity contribution in [2.24, 2.45) is 4.99 Å². The van der Waals surface area contributed by atoms with E-state index in [0.717, 1.165) is 60.2 Å². The number of hydrogen-bond acceptors (Lipinski definition) is 5. The number of alkyl halides is 3. The van der Waals surface area contributed by atoms with Crippen molar-refractivity contribution < 1.29 is 22.7 Å². The Hall–Kier alpha value is -4.71. The van der Waals surface area contributed by atoms with Crippen LogP contribution in [0.4, 0.5) is 18.0 Å². The average Bonchev–Trinajstić information content (AvgIpc) is 3.79. The molecule has 0 spiro atoms. The summed E-state index contributed by atoms with van der Waals surface area (Å²) in [7, 11) is 0. The van der Waals surface area contributed by atoms with Crippen molar-refractivity contribution in [3.63, 3.8) is 0 Å². The first-order chi connectivity index (χ1) is 22.6. The molecule has 3 aromatic carbocycles. The lowest BCUT2D eigenvalue weighted by molar-refractivity contribution is -0.274. The van der Waals surface area contributed by atoms with E-state index >= 15 is 0 Å². The van der Waals surface area contributed by atoms with E-state index in [0.29, 0.717) is 16.3 Å². The van der Waals surface area contributed by atoms with E-state index < -0.39 is 6.36 Å². The van der Waals surface area contributed by atoms with E-state index in [-0.39, 0.29) is 23.7 Å². The second-order valence-electron chi connectivity index (χ2n) is 11.8. The largest absolute Gasteiger partial charge is 0.573 e. The summed E-state index contributed by atoms with van der Waals surface area (Å²) in [5, 5.41) is 9.72. The zero-order valence-corrected chi connectivity index (χ0v) is 27.1. The molecule has 5 aromatic rings. The van der Waals surface area contributed by atoms with Crippen LogP contribution < -0.4 is 14.9 Å². The molecule has 2 amide bonds. The van der Waals surface area contributed by atoms with Crippen LogP contribution in [0.15, 0.2) is 83.4 Å². The summed E-state index contributed by atoms with van der Waals surface area (Å²) in [6.07, 6.45) is 1.55. The van der Waals surface area contributed by atoms with E-state index in [9.17, 15) is 18.0 Å². The van der Waals surface area contributed by atoms with Gasteiger partial charge in [0.05, 0.1) is 11.4 Å². The number of aryl methyl sites for hydroxylation is 3. The number of urea groups is 1. The van der Waals surface area contributed by atoms with Gasteiger partial charge >= 0.3 is 12.4 Å². The van der Waals surface area contributed by atoms with Gasteiger partial charge in [0.2, 0.25) is 0 Å². The number of nitrogens with one attached hydrogen (secondary N) is 1. The van der Waals surface area contributed by atoms with Crippen molar-refractivity contribution in [3.05, 3.63) is 106 Å². The molecule has 2 unspecified atom stereocenters.